The van der Waals surface area contributed by atoms with Crippen LogP contribution in [-0.2, 0) is 63.8 Å². The third-order valence-corrected chi connectivity index (χ3v) is 23.0. The molecule has 0 amide bonds. The normalized spacial score (nSPS) is 13.7. The molecule has 0 N–H and O–H groups in total. The third-order valence-electron chi connectivity index (χ3n) is 23.0. The zero-order chi connectivity index (χ0) is 83.0. The fraction of sp³-hybridized carbons (Fsp3) is 0.241. The van der Waals surface area contributed by atoms with E-state index in [9.17, 15) is 0 Å². The van der Waals surface area contributed by atoms with Crippen LogP contribution in [0.5, 0.6) is 23.0 Å². The Hall–Kier alpha value is -11.0. The number of allylic oxidation sites excluding steroid dienone is 3. The standard InChI is InChI=1S/C55H51N4O.C53H55N4O.2Pt/c1-53(2,3)41-28-29-56-52(33-41)59-49-25-16-15-24-47(49)48-27-26-46(35-50(48)59)60-45-23-17-22-43(34-45)58-37-57(36-51(58)54(4,5)6)44-31-39(38-18-11-9-12-19-38)30-42(32-44)55(7,8)40-20-13-10-14-21-40;1-50(2,3)37-29-30-54-47(32-37)57-45-26-16-15-25-43(45)44-28-27-42(34-46(44)57)58-41-24-18-23-40(33-41)56-35-55(48(51(4,5)6)49(56)52(7,8)9)39-22-17-21-38(31-39)53(10,11)36-19-13-12-14-20-36;;/h9-33,36-37H,1-8H3;12-32,35H,1-11H3;;/q2*-3;;. The van der Waals surface area contributed by atoms with E-state index in [1.54, 1.807) is 0 Å². The zero-order valence-corrected chi connectivity index (χ0v) is 76.9. The molecule has 10 nitrogen and oxygen atoms in total. The Kier molecular flexibility index (Phi) is 23.6. The van der Waals surface area contributed by atoms with Gasteiger partial charge < -0.3 is 38.2 Å². The van der Waals surface area contributed by atoms with Crippen molar-refractivity contribution in [1.82, 2.24) is 19.1 Å². The SMILES string of the molecule is CC(C)(C)C1=C(C(C)(C)C)N(c2cccc(C(C)(C)c3ccccc3)c2)[CH-]N1c1[c-]c(Oc2[c-]c3c(cc2)c2ccccc2n3-c2cc(C(C)(C)C)ccn2)ccc1.CC(C)(C)C1=CN(c2cc(-c3ccccc3)cc(C(C)(C)c3ccccc3)c2)[CH-]N1c1[c-]c(Oc2[c-]c3c(cc2)c2ccccc2n3-c2cc(C(C)(C)C)ccn2)ccc1.[Pt].[Pt]. The minimum absolute atomic E-state index is 0. The molecule has 0 aliphatic carbocycles. The van der Waals surface area contributed by atoms with E-state index in [4.69, 9.17) is 19.4 Å². The Morgan fingerprint density at radius 1 is 0.300 bits per heavy atom. The molecule has 15 aromatic rings. The summed E-state index contributed by atoms with van der Waals surface area (Å²) < 4.78 is 17.7. The van der Waals surface area contributed by atoms with Crippen molar-refractivity contribution in [2.24, 2.45) is 16.2 Å². The summed E-state index contributed by atoms with van der Waals surface area (Å²) in [6.07, 6.45) is 6.06. The van der Waals surface area contributed by atoms with E-state index >= 15 is 0 Å². The maximum Gasteiger partial charge on any atom is 0.135 e. The molecule has 0 unspecified atom stereocenters. The first-order chi connectivity index (χ1) is 56.1. The van der Waals surface area contributed by atoms with Gasteiger partial charge in [-0.05, 0) is 133 Å². The van der Waals surface area contributed by atoms with Crippen LogP contribution in [0.25, 0.3) is 66.4 Å². The third kappa shape index (κ3) is 17.1. The molecular weight excluding hydrogens is 1830 g/mol. The number of fused-ring (bicyclic) bond motifs is 6. The second-order valence-electron chi connectivity index (χ2n) is 37.6. The molecule has 0 bridgehead atoms. The summed E-state index contributed by atoms with van der Waals surface area (Å²) in [5.41, 5.74) is 20.5. The van der Waals surface area contributed by atoms with E-state index in [2.05, 4.69) is 441 Å². The number of anilines is 4. The first-order valence-corrected chi connectivity index (χ1v) is 41.2. The van der Waals surface area contributed by atoms with Crippen molar-refractivity contribution < 1.29 is 51.6 Å². The maximum atomic E-state index is 6.66. The average molecular weight is 1940 g/mol. The second-order valence-corrected chi connectivity index (χ2v) is 37.6. The number of hydrogen-bond acceptors (Lipinski definition) is 8. The molecule has 0 saturated heterocycles. The molecule has 0 saturated carbocycles. The van der Waals surface area contributed by atoms with Crippen molar-refractivity contribution >= 4 is 66.4 Å². The van der Waals surface area contributed by atoms with E-state index in [0.29, 0.717) is 23.0 Å². The van der Waals surface area contributed by atoms with Gasteiger partial charge >= 0.3 is 0 Å². The minimum Gasteiger partial charge on any atom is -0.509 e. The molecule has 17 rings (SSSR count). The predicted octanol–water partition coefficient (Wildman–Crippen LogP) is 28.1. The van der Waals surface area contributed by atoms with Gasteiger partial charge in [-0.15, -0.1) is 96.1 Å². The van der Waals surface area contributed by atoms with Crippen LogP contribution in [0.1, 0.15) is 165 Å². The fourth-order valence-corrected chi connectivity index (χ4v) is 16.4. The number of benzene rings is 11. The van der Waals surface area contributed by atoms with E-state index in [1.165, 1.54) is 55.9 Å². The molecule has 12 heteroatoms. The van der Waals surface area contributed by atoms with Crippen LogP contribution in [0, 0.1) is 53.8 Å². The van der Waals surface area contributed by atoms with Gasteiger partial charge in [0.15, 0.2) is 0 Å². The Morgan fingerprint density at radius 2 is 0.725 bits per heavy atom. The molecule has 0 fully saturated rings. The topological polar surface area (TPSA) is 67.1 Å². The summed E-state index contributed by atoms with van der Waals surface area (Å²) in [4.78, 5) is 18.9. The van der Waals surface area contributed by atoms with E-state index in [-0.39, 0.29) is 80.0 Å². The molecule has 120 heavy (non-hydrogen) atoms. The first kappa shape index (κ1) is 85.4. The van der Waals surface area contributed by atoms with Gasteiger partial charge in [0.25, 0.3) is 0 Å². The van der Waals surface area contributed by atoms with Gasteiger partial charge in [0.2, 0.25) is 0 Å². The molecule has 0 atom stereocenters. The predicted molar refractivity (Wildman–Crippen MR) is 490 cm³/mol. The zero-order valence-electron chi connectivity index (χ0n) is 72.3. The van der Waals surface area contributed by atoms with Crippen molar-refractivity contribution in [1.29, 1.82) is 0 Å². The number of rotatable bonds is 15. The van der Waals surface area contributed by atoms with Crippen LogP contribution in [-0.4, -0.2) is 19.1 Å². The smallest absolute Gasteiger partial charge is 0.135 e. The molecule has 2 aliphatic rings. The van der Waals surface area contributed by atoms with Gasteiger partial charge in [0.05, 0.1) is 0 Å². The number of nitrogens with zero attached hydrogens (tertiary/aromatic N) is 8. The summed E-state index contributed by atoms with van der Waals surface area (Å²) in [6.45, 7) is 47.6. The molecule has 4 aromatic heterocycles. The van der Waals surface area contributed by atoms with Crippen molar-refractivity contribution in [3.05, 3.63) is 374 Å². The van der Waals surface area contributed by atoms with Crippen LogP contribution in [0.3, 0.4) is 0 Å². The second kappa shape index (κ2) is 33.2. The minimum atomic E-state index is -0.225. The van der Waals surface area contributed by atoms with Crippen LogP contribution >= 0.6 is 0 Å². The molecule has 6 heterocycles. The quantitative estimate of drug-likeness (QED) is 0.0941. The van der Waals surface area contributed by atoms with Crippen molar-refractivity contribution in [2.75, 3.05) is 19.6 Å². The molecule has 0 spiro atoms. The molecular formula is C108H106N8O2Pt2-6. The summed E-state index contributed by atoms with van der Waals surface area (Å²) in [5, 5.41) is 4.49. The van der Waals surface area contributed by atoms with Crippen LogP contribution in [0.4, 0.5) is 22.7 Å². The van der Waals surface area contributed by atoms with E-state index in [0.717, 1.165) is 83.7 Å². The Morgan fingerprint density at radius 3 is 1.21 bits per heavy atom. The molecule has 2 aliphatic heterocycles. The monoisotopic (exact) mass is 1940 g/mol. The summed E-state index contributed by atoms with van der Waals surface area (Å²) >= 11 is 0. The van der Waals surface area contributed by atoms with Gasteiger partial charge in [-0.1, -0.05) is 288 Å². The number of para-hydroxylation sites is 2. The number of aromatic nitrogens is 4. The van der Waals surface area contributed by atoms with Gasteiger partial charge in [-0.3, -0.25) is 0 Å². The maximum absolute atomic E-state index is 6.66. The van der Waals surface area contributed by atoms with E-state index in [1.807, 2.05) is 42.7 Å². The van der Waals surface area contributed by atoms with E-state index < -0.39 is 0 Å². The van der Waals surface area contributed by atoms with Crippen molar-refractivity contribution in [3.8, 4) is 45.8 Å². The van der Waals surface area contributed by atoms with Crippen molar-refractivity contribution in [2.45, 2.75) is 153 Å². The Labute approximate surface area is 739 Å². The van der Waals surface area contributed by atoms with Crippen molar-refractivity contribution in [3.63, 3.8) is 0 Å². The number of ether oxygens (including phenoxy) is 2. The molecule has 616 valence electrons. The van der Waals surface area contributed by atoms with Gasteiger partial charge in [-0.2, -0.15) is 24.3 Å². The average Bonchev–Trinajstić information content (AvgIpc) is 1.62. The number of pyridine rings is 2. The molecule has 11 aromatic carbocycles. The van der Waals surface area contributed by atoms with Gasteiger partial charge in [0, 0.05) is 144 Å². The largest absolute Gasteiger partial charge is 0.509 e. The Bertz CT molecular complexity index is 6320. The summed E-state index contributed by atoms with van der Waals surface area (Å²) in [6, 6.07) is 109. The fourth-order valence-electron chi connectivity index (χ4n) is 16.4. The summed E-state index contributed by atoms with van der Waals surface area (Å²) in [7, 11) is 0. The van der Waals surface area contributed by atoms with Gasteiger partial charge in [-0.25, -0.2) is 9.97 Å². The number of hydrogen-bond donors (Lipinski definition) is 0. The Balaban J connectivity index is 0.000000193. The molecule has 0 radical (unpaired) electrons. The summed E-state index contributed by atoms with van der Waals surface area (Å²) in [5.74, 6) is 4.17. The van der Waals surface area contributed by atoms with Gasteiger partial charge in [0.1, 0.15) is 11.6 Å². The van der Waals surface area contributed by atoms with Crippen LogP contribution in [0.2, 0.25) is 0 Å². The van der Waals surface area contributed by atoms with Crippen LogP contribution in [0.15, 0.2) is 303 Å². The first-order valence-electron chi connectivity index (χ1n) is 41.2. The van der Waals surface area contributed by atoms with Crippen LogP contribution < -0.4 is 29.1 Å².